The van der Waals surface area contributed by atoms with Crippen molar-refractivity contribution >= 4 is 11.6 Å². The largest absolute Gasteiger partial charge is 0.439 e. The predicted molar refractivity (Wildman–Crippen MR) is 69.0 cm³/mol. The molecule has 0 radical (unpaired) electrons. The molecule has 0 fully saturated rings. The molecule has 94 valence electrons. The molecule has 1 aromatic heterocycles. The minimum absolute atomic E-state index is 0.296. The molecular weight excluding hydrogens is 252 g/mol. The highest BCUT2D eigenvalue weighted by atomic mass is 35.5. The Hall–Kier alpha value is -1.65. The van der Waals surface area contributed by atoms with E-state index in [0.717, 1.165) is 0 Å². The molecular formula is C13H13ClN2O2. The molecule has 0 spiro atoms. The van der Waals surface area contributed by atoms with Gasteiger partial charge < -0.3 is 9.47 Å². The van der Waals surface area contributed by atoms with E-state index in [9.17, 15) is 0 Å². The van der Waals surface area contributed by atoms with Gasteiger partial charge in [-0.2, -0.15) is 4.98 Å². The molecule has 0 aliphatic heterocycles. The van der Waals surface area contributed by atoms with E-state index < -0.39 is 0 Å². The van der Waals surface area contributed by atoms with Crippen LogP contribution < -0.4 is 4.74 Å². The Kier molecular flexibility index (Phi) is 4.12. The fourth-order valence-electron chi connectivity index (χ4n) is 1.41. The Morgan fingerprint density at radius 2 is 1.89 bits per heavy atom. The summed E-state index contributed by atoms with van der Waals surface area (Å²) in [5, 5.41) is 0.333. The molecule has 5 heteroatoms. The minimum atomic E-state index is 0.296. The van der Waals surface area contributed by atoms with Crippen LogP contribution in [0.1, 0.15) is 11.4 Å². The second-order valence-corrected chi connectivity index (χ2v) is 4.18. The van der Waals surface area contributed by atoms with E-state index in [1.807, 2.05) is 31.2 Å². The van der Waals surface area contributed by atoms with Crippen molar-refractivity contribution in [2.24, 2.45) is 0 Å². The number of methoxy groups -OCH3 is 1. The van der Waals surface area contributed by atoms with E-state index in [1.165, 1.54) is 5.56 Å². The van der Waals surface area contributed by atoms with Gasteiger partial charge in [0.2, 0.25) is 5.88 Å². The summed E-state index contributed by atoms with van der Waals surface area (Å²) in [5.74, 6) is 1.61. The zero-order valence-electron chi connectivity index (χ0n) is 10.2. The third kappa shape index (κ3) is 3.42. The number of aryl methyl sites for hydroxylation is 1. The second kappa shape index (κ2) is 5.80. The van der Waals surface area contributed by atoms with Crippen molar-refractivity contribution < 1.29 is 9.47 Å². The van der Waals surface area contributed by atoms with Crippen molar-refractivity contribution in [2.45, 2.75) is 13.5 Å². The van der Waals surface area contributed by atoms with Gasteiger partial charge in [-0.15, -0.1) is 0 Å². The molecule has 0 unspecified atom stereocenters. The van der Waals surface area contributed by atoms with E-state index in [4.69, 9.17) is 21.1 Å². The molecule has 0 N–H and O–H groups in total. The van der Waals surface area contributed by atoms with Gasteiger partial charge in [0.15, 0.2) is 5.82 Å². The minimum Gasteiger partial charge on any atom is -0.439 e. The molecule has 2 rings (SSSR count). The molecule has 0 aliphatic rings. The lowest BCUT2D eigenvalue weighted by Crippen LogP contribution is -1.99. The second-order valence-electron chi connectivity index (χ2n) is 3.79. The normalized spacial score (nSPS) is 10.4. The molecule has 0 aliphatic carbocycles. The molecule has 0 amide bonds. The summed E-state index contributed by atoms with van der Waals surface area (Å²) in [6, 6.07) is 9.26. The highest BCUT2D eigenvalue weighted by molar-refractivity contribution is 6.29. The van der Waals surface area contributed by atoms with Crippen LogP contribution in [0, 0.1) is 6.92 Å². The Balaban J connectivity index is 2.20. The fourth-order valence-corrected chi connectivity index (χ4v) is 1.61. The summed E-state index contributed by atoms with van der Waals surface area (Å²) in [7, 11) is 1.57. The van der Waals surface area contributed by atoms with Crippen LogP contribution in [0.4, 0.5) is 0 Å². The van der Waals surface area contributed by atoms with Crippen molar-refractivity contribution in [1.82, 2.24) is 9.97 Å². The smallest absolute Gasteiger partial charge is 0.224 e. The Bertz CT molecular complexity index is 529. The third-order valence-electron chi connectivity index (χ3n) is 2.23. The lowest BCUT2D eigenvalue weighted by atomic mass is 10.2. The number of ether oxygens (including phenoxy) is 2. The van der Waals surface area contributed by atoms with Crippen LogP contribution in [-0.2, 0) is 11.3 Å². The highest BCUT2D eigenvalue weighted by Gasteiger charge is 2.05. The van der Waals surface area contributed by atoms with E-state index in [1.54, 1.807) is 13.2 Å². The van der Waals surface area contributed by atoms with E-state index in [-0.39, 0.29) is 0 Å². The number of hydrogen-bond donors (Lipinski definition) is 0. The van der Waals surface area contributed by atoms with Gasteiger partial charge in [0.25, 0.3) is 0 Å². The molecule has 4 nitrogen and oxygen atoms in total. The Labute approximate surface area is 111 Å². The van der Waals surface area contributed by atoms with Gasteiger partial charge in [0, 0.05) is 13.2 Å². The van der Waals surface area contributed by atoms with Crippen molar-refractivity contribution in [1.29, 1.82) is 0 Å². The first-order valence-electron chi connectivity index (χ1n) is 5.44. The summed E-state index contributed by atoms with van der Waals surface area (Å²) in [6.45, 7) is 2.31. The monoisotopic (exact) mass is 264 g/mol. The van der Waals surface area contributed by atoms with Gasteiger partial charge in [-0.3, -0.25) is 0 Å². The predicted octanol–water partition coefficient (Wildman–Crippen LogP) is 3.38. The first kappa shape index (κ1) is 12.8. The summed E-state index contributed by atoms with van der Waals surface area (Å²) >= 11 is 5.89. The van der Waals surface area contributed by atoms with Crippen molar-refractivity contribution in [3.63, 3.8) is 0 Å². The number of aromatic nitrogens is 2. The van der Waals surface area contributed by atoms with Crippen LogP contribution >= 0.6 is 11.6 Å². The molecule has 0 saturated heterocycles. The third-order valence-corrected chi connectivity index (χ3v) is 2.43. The number of benzene rings is 1. The van der Waals surface area contributed by atoms with Gasteiger partial charge in [-0.25, -0.2) is 4.98 Å². The molecule has 2 aromatic rings. The van der Waals surface area contributed by atoms with E-state index in [0.29, 0.717) is 29.2 Å². The molecule has 0 saturated carbocycles. The van der Waals surface area contributed by atoms with Gasteiger partial charge in [0.1, 0.15) is 17.5 Å². The quantitative estimate of drug-likeness (QED) is 0.794. The summed E-state index contributed by atoms with van der Waals surface area (Å²) in [4.78, 5) is 8.23. The fraction of sp³-hybridized carbons (Fsp3) is 0.231. The van der Waals surface area contributed by atoms with E-state index in [2.05, 4.69) is 9.97 Å². The average Bonchev–Trinajstić information content (AvgIpc) is 2.32. The molecule has 1 heterocycles. The SMILES string of the molecule is COCc1nc(Cl)cc(Oc2ccc(C)cc2)n1. The van der Waals surface area contributed by atoms with Crippen LogP contribution in [0.15, 0.2) is 30.3 Å². The first-order valence-corrected chi connectivity index (χ1v) is 5.82. The van der Waals surface area contributed by atoms with Crippen LogP contribution in [0.25, 0.3) is 0 Å². The lowest BCUT2D eigenvalue weighted by Gasteiger charge is -2.07. The standard InChI is InChI=1S/C13H13ClN2O2/c1-9-3-5-10(6-4-9)18-13-7-11(14)15-12(16-13)8-17-2/h3-7H,8H2,1-2H3. The number of rotatable bonds is 4. The van der Waals surface area contributed by atoms with Gasteiger partial charge >= 0.3 is 0 Å². The zero-order valence-corrected chi connectivity index (χ0v) is 10.9. The topological polar surface area (TPSA) is 44.2 Å². The maximum atomic E-state index is 5.89. The Morgan fingerprint density at radius 1 is 1.17 bits per heavy atom. The van der Waals surface area contributed by atoms with Crippen LogP contribution in [0.2, 0.25) is 5.15 Å². The number of hydrogen-bond acceptors (Lipinski definition) is 4. The van der Waals surface area contributed by atoms with Gasteiger partial charge in [-0.05, 0) is 19.1 Å². The summed E-state index contributed by atoms with van der Waals surface area (Å²) < 4.78 is 10.6. The van der Waals surface area contributed by atoms with E-state index >= 15 is 0 Å². The summed E-state index contributed by atoms with van der Waals surface area (Å²) in [6.07, 6.45) is 0. The van der Waals surface area contributed by atoms with Crippen LogP contribution in [0.5, 0.6) is 11.6 Å². The lowest BCUT2D eigenvalue weighted by molar-refractivity contribution is 0.177. The molecule has 1 aromatic carbocycles. The van der Waals surface area contributed by atoms with Gasteiger partial charge in [-0.1, -0.05) is 29.3 Å². The van der Waals surface area contributed by atoms with Crippen molar-refractivity contribution in [3.05, 3.63) is 46.9 Å². The molecule has 18 heavy (non-hydrogen) atoms. The average molecular weight is 265 g/mol. The first-order chi connectivity index (χ1) is 8.67. The number of halogens is 1. The van der Waals surface area contributed by atoms with Crippen molar-refractivity contribution in [3.8, 4) is 11.6 Å². The highest BCUT2D eigenvalue weighted by Crippen LogP contribution is 2.22. The van der Waals surface area contributed by atoms with Crippen LogP contribution in [-0.4, -0.2) is 17.1 Å². The van der Waals surface area contributed by atoms with Crippen LogP contribution in [0.3, 0.4) is 0 Å². The summed E-state index contributed by atoms with van der Waals surface area (Å²) in [5.41, 5.74) is 1.17. The maximum Gasteiger partial charge on any atom is 0.224 e. The Morgan fingerprint density at radius 3 is 2.56 bits per heavy atom. The molecule has 0 atom stereocenters. The molecule has 0 bridgehead atoms. The van der Waals surface area contributed by atoms with Crippen molar-refractivity contribution in [2.75, 3.05) is 7.11 Å². The maximum absolute atomic E-state index is 5.89. The van der Waals surface area contributed by atoms with Gasteiger partial charge in [0.05, 0.1) is 0 Å². The zero-order chi connectivity index (χ0) is 13.0. The number of nitrogens with zero attached hydrogens (tertiary/aromatic N) is 2.